The summed E-state index contributed by atoms with van der Waals surface area (Å²) in [5.41, 5.74) is 0. The molecule has 0 fully saturated rings. The van der Waals surface area contributed by atoms with Gasteiger partial charge >= 0.3 is 5.97 Å². The van der Waals surface area contributed by atoms with Crippen LogP contribution in [0.15, 0.2) is 0 Å². The van der Waals surface area contributed by atoms with Crippen molar-refractivity contribution in [3.8, 4) is 0 Å². The lowest BCUT2D eigenvalue weighted by molar-refractivity contribution is -0.758. The minimum absolute atomic E-state index is 0.323. The van der Waals surface area contributed by atoms with Crippen LogP contribution in [0, 0.1) is 16.0 Å². The highest BCUT2D eigenvalue weighted by molar-refractivity contribution is 5.69. The second-order valence-electron chi connectivity index (χ2n) is 1.96. The van der Waals surface area contributed by atoms with Gasteiger partial charge in [-0.2, -0.15) is 0 Å². The third-order valence-corrected chi connectivity index (χ3v) is 1.22. The van der Waals surface area contributed by atoms with E-state index in [1.807, 2.05) is 0 Å². The minimum Gasteiger partial charge on any atom is -0.481 e. The lowest BCUT2D eigenvalue weighted by atomic mass is 10.1. The van der Waals surface area contributed by atoms with Crippen LogP contribution in [0.3, 0.4) is 0 Å². The molecule has 1 N–H and O–H groups in total. The lowest BCUT2D eigenvalue weighted by Gasteiger charge is -2.06. The van der Waals surface area contributed by atoms with Gasteiger partial charge in [-0.1, -0.05) is 6.92 Å². The number of nitrogens with zero attached hydrogens (tertiary/aromatic N) is 1. The highest BCUT2D eigenvalue weighted by atomic mass is 16.9. The van der Waals surface area contributed by atoms with E-state index in [4.69, 9.17) is 5.11 Å². The molecule has 0 aliphatic heterocycles. The zero-order chi connectivity index (χ0) is 8.85. The van der Waals surface area contributed by atoms with Gasteiger partial charge in [-0.25, -0.2) is 0 Å². The maximum Gasteiger partial charge on any atom is 0.308 e. The van der Waals surface area contributed by atoms with Crippen LogP contribution in [0.5, 0.6) is 0 Å². The molecule has 0 aromatic rings. The maximum absolute atomic E-state index is 10.2. The molecule has 0 aliphatic carbocycles. The van der Waals surface area contributed by atoms with Crippen LogP contribution in [-0.4, -0.2) is 22.8 Å². The van der Waals surface area contributed by atoms with E-state index in [0.29, 0.717) is 6.42 Å². The molecule has 0 spiro atoms. The van der Waals surface area contributed by atoms with Gasteiger partial charge in [0.25, 0.3) is 5.09 Å². The molecular weight excluding hydrogens is 154 g/mol. The van der Waals surface area contributed by atoms with E-state index >= 15 is 0 Å². The van der Waals surface area contributed by atoms with Gasteiger partial charge in [0, 0.05) is 0 Å². The average molecular weight is 163 g/mol. The van der Waals surface area contributed by atoms with Crippen molar-refractivity contribution in [3.05, 3.63) is 10.1 Å². The monoisotopic (exact) mass is 163 g/mol. The Morgan fingerprint density at radius 1 is 1.82 bits per heavy atom. The molecule has 0 bridgehead atoms. The molecule has 0 radical (unpaired) electrons. The largest absolute Gasteiger partial charge is 0.481 e. The smallest absolute Gasteiger partial charge is 0.308 e. The molecule has 1 atom stereocenters. The minimum atomic E-state index is -1.07. The van der Waals surface area contributed by atoms with E-state index in [2.05, 4.69) is 4.84 Å². The van der Waals surface area contributed by atoms with Gasteiger partial charge in [0.1, 0.15) is 6.61 Å². The average Bonchev–Trinajstić information content (AvgIpc) is 1.87. The van der Waals surface area contributed by atoms with Gasteiger partial charge in [-0.15, -0.1) is 10.1 Å². The van der Waals surface area contributed by atoms with Crippen molar-refractivity contribution in [1.29, 1.82) is 0 Å². The Kier molecular flexibility index (Phi) is 3.94. The van der Waals surface area contributed by atoms with E-state index in [1.165, 1.54) is 0 Å². The Labute approximate surface area is 62.9 Å². The van der Waals surface area contributed by atoms with Gasteiger partial charge < -0.3 is 9.94 Å². The number of carboxylic acids is 1. The molecular formula is C5H9NO5. The SMILES string of the molecule is CCC(CO[N+](=O)[O-])C(=O)O. The first-order chi connectivity index (χ1) is 5.07. The fraction of sp³-hybridized carbons (Fsp3) is 0.800. The van der Waals surface area contributed by atoms with Crippen LogP contribution in [0.25, 0.3) is 0 Å². The van der Waals surface area contributed by atoms with Crippen molar-refractivity contribution in [3.63, 3.8) is 0 Å². The van der Waals surface area contributed by atoms with Crippen LogP contribution in [0.4, 0.5) is 0 Å². The van der Waals surface area contributed by atoms with E-state index < -0.39 is 17.0 Å². The van der Waals surface area contributed by atoms with Crippen molar-refractivity contribution in [2.45, 2.75) is 13.3 Å². The third-order valence-electron chi connectivity index (χ3n) is 1.22. The quantitative estimate of drug-likeness (QED) is 0.465. The molecule has 0 heterocycles. The Bertz CT molecular complexity index is 157. The molecule has 0 aliphatic rings. The number of hydrogen-bond donors (Lipinski definition) is 1. The summed E-state index contributed by atoms with van der Waals surface area (Å²) in [5.74, 6) is -1.87. The molecule has 0 saturated heterocycles. The van der Waals surface area contributed by atoms with Gasteiger partial charge in [-0.05, 0) is 6.42 Å². The fourth-order valence-corrected chi connectivity index (χ4v) is 0.515. The first-order valence-electron chi connectivity index (χ1n) is 3.08. The molecule has 6 heteroatoms. The van der Waals surface area contributed by atoms with E-state index in [0.717, 1.165) is 0 Å². The summed E-state index contributed by atoms with van der Waals surface area (Å²) in [6, 6.07) is 0. The Balaban J connectivity index is 3.70. The Hall–Kier alpha value is -1.33. The predicted octanol–water partition coefficient (Wildman–Crippen LogP) is 0.305. The van der Waals surface area contributed by atoms with Gasteiger partial charge in [0.15, 0.2) is 0 Å². The number of carboxylic acid groups (broad SMARTS) is 1. The van der Waals surface area contributed by atoms with E-state index in [1.54, 1.807) is 6.92 Å². The lowest BCUT2D eigenvalue weighted by Crippen LogP contribution is -2.20. The first-order valence-corrected chi connectivity index (χ1v) is 3.08. The third kappa shape index (κ3) is 4.12. The second kappa shape index (κ2) is 4.48. The van der Waals surface area contributed by atoms with Gasteiger partial charge in [0.2, 0.25) is 0 Å². The summed E-state index contributed by atoms with van der Waals surface area (Å²) >= 11 is 0. The van der Waals surface area contributed by atoms with Crippen molar-refractivity contribution < 1.29 is 19.8 Å². The van der Waals surface area contributed by atoms with Crippen molar-refractivity contribution >= 4 is 5.97 Å². The van der Waals surface area contributed by atoms with Crippen LogP contribution in [0.1, 0.15) is 13.3 Å². The number of aliphatic carboxylic acids is 1. The van der Waals surface area contributed by atoms with Crippen molar-refractivity contribution in [1.82, 2.24) is 0 Å². The normalized spacial score (nSPS) is 12.1. The summed E-state index contributed by atoms with van der Waals surface area (Å²) in [4.78, 5) is 23.8. The predicted molar refractivity (Wildman–Crippen MR) is 34.4 cm³/mol. The summed E-state index contributed by atoms with van der Waals surface area (Å²) in [5, 5.41) is 17.0. The highest BCUT2D eigenvalue weighted by Crippen LogP contribution is 2.02. The zero-order valence-corrected chi connectivity index (χ0v) is 6.02. The molecule has 0 rings (SSSR count). The molecule has 1 unspecified atom stereocenters. The van der Waals surface area contributed by atoms with Crippen molar-refractivity contribution in [2.75, 3.05) is 6.61 Å². The van der Waals surface area contributed by atoms with Crippen LogP contribution in [0.2, 0.25) is 0 Å². The van der Waals surface area contributed by atoms with E-state index in [9.17, 15) is 14.9 Å². The number of hydrogen-bond acceptors (Lipinski definition) is 4. The Morgan fingerprint density at radius 2 is 2.36 bits per heavy atom. The topological polar surface area (TPSA) is 89.7 Å². The first kappa shape index (κ1) is 9.67. The Morgan fingerprint density at radius 3 is 2.64 bits per heavy atom. The van der Waals surface area contributed by atoms with Gasteiger partial charge in [-0.3, -0.25) is 4.79 Å². The number of rotatable bonds is 5. The fourth-order valence-electron chi connectivity index (χ4n) is 0.515. The molecule has 6 nitrogen and oxygen atoms in total. The molecule has 0 aromatic carbocycles. The molecule has 0 amide bonds. The number of carbonyl (C=O) groups is 1. The summed E-state index contributed by atoms with van der Waals surface area (Å²) in [6.07, 6.45) is 0.323. The molecule has 11 heavy (non-hydrogen) atoms. The standard InChI is InChI=1S/C5H9NO5/c1-2-4(5(7)8)3-11-6(9)10/h4H,2-3H2,1H3,(H,7,8). The van der Waals surface area contributed by atoms with Crippen LogP contribution in [-0.2, 0) is 9.63 Å². The second-order valence-corrected chi connectivity index (χ2v) is 1.96. The van der Waals surface area contributed by atoms with E-state index in [-0.39, 0.29) is 6.61 Å². The van der Waals surface area contributed by atoms with Crippen LogP contribution < -0.4 is 0 Å². The van der Waals surface area contributed by atoms with Gasteiger partial charge in [0.05, 0.1) is 5.92 Å². The maximum atomic E-state index is 10.2. The molecule has 0 aromatic heterocycles. The summed E-state index contributed by atoms with van der Waals surface area (Å²) in [6.45, 7) is 1.25. The highest BCUT2D eigenvalue weighted by Gasteiger charge is 2.16. The van der Waals surface area contributed by atoms with Crippen LogP contribution >= 0.6 is 0 Å². The zero-order valence-electron chi connectivity index (χ0n) is 6.02. The summed E-state index contributed by atoms with van der Waals surface area (Å²) in [7, 11) is 0. The molecule has 0 saturated carbocycles. The summed E-state index contributed by atoms with van der Waals surface area (Å²) < 4.78 is 0. The molecule has 64 valence electrons. The van der Waals surface area contributed by atoms with Crippen molar-refractivity contribution in [2.24, 2.45) is 5.92 Å².